The van der Waals surface area contributed by atoms with Gasteiger partial charge in [-0.3, -0.25) is 9.89 Å². The molecule has 0 aromatic heterocycles. The molecule has 0 bridgehead atoms. The lowest BCUT2D eigenvalue weighted by Crippen LogP contribution is -2.37. The Morgan fingerprint density at radius 2 is 2.00 bits per heavy atom. The second-order valence-electron chi connectivity index (χ2n) is 6.23. The first-order valence-electron chi connectivity index (χ1n) is 8.60. The van der Waals surface area contributed by atoms with Crippen LogP contribution in [0, 0.1) is 0 Å². The molecule has 1 heterocycles. The molecule has 1 unspecified atom stereocenters. The van der Waals surface area contributed by atoms with Crippen molar-refractivity contribution in [2.24, 2.45) is 4.99 Å². The molecule has 126 valence electrons. The number of hydrogen-bond donors (Lipinski definition) is 2. The number of nitrogens with one attached hydrogen (secondary N) is 2. The van der Waals surface area contributed by atoms with E-state index in [9.17, 15) is 0 Å². The Kier molecular flexibility index (Phi) is 7.14. The molecule has 4 heteroatoms. The molecular weight excluding hydrogens is 284 g/mol. The highest BCUT2D eigenvalue weighted by Gasteiger charge is 2.17. The van der Waals surface area contributed by atoms with E-state index in [0.29, 0.717) is 12.6 Å². The van der Waals surface area contributed by atoms with Gasteiger partial charge in [0.1, 0.15) is 0 Å². The quantitative estimate of drug-likeness (QED) is 0.482. The summed E-state index contributed by atoms with van der Waals surface area (Å²) in [7, 11) is 1.78. The third-order valence-corrected chi connectivity index (χ3v) is 4.45. The van der Waals surface area contributed by atoms with Crippen molar-refractivity contribution in [1.29, 1.82) is 0 Å². The zero-order valence-corrected chi connectivity index (χ0v) is 14.5. The van der Waals surface area contributed by atoms with Gasteiger partial charge in [0.05, 0.1) is 0 Å². The average molecular weight is 314 g/mol. The zero-order chi connectivity index (χ0) is 16.5. The summed E-state index contributed by atoms with van der Waals surface area (Å²) >= 11 is 0. The molecule has 1 aromatic rings. The van der Waals surface area contributed by atoms with E-state index >= 15 is 0 Å². The van der Waals surface area contributed by atoms with Crippen LogP contribution in [-0.2, 0) is 13.1 Å². The predicted molar refractivity (Wildman–Crippen MR) is 98.6 cm³/mol. The van der Waals surface area contributed by atoms with Gasteiger partial charge in [-0.25, -0.2) is 0 Å². The maximum Gasteiger partial charge on any atom is 0.191 e. The molecule has 0 aliphatic carbocycles. The van der Waals surface area contributed by atoms with Crippen LogP contribution < -0.4 is 10.6 Å². The third-order valence-electron chi connectivity index (χ3n) is 4.45. The van der Waals surface area contributed by atoms with E-state index in [1.54, 1.807) is 7.05 Å². The maximum atomic E-state index is 4.18. The number of aliphatic imine (C=N–C) groups is 1. The first-order chi connectivity index (χ1) is 11.2. The first kappa shape index (κ1) is 17.5. The van der Waals surface area contributed by atoms with E-state index in [1.165, 1.54) is 36.9 Å². The van der Waals surface area contributed by atoms with Gasteiger partial charge in [0, 0.05) is 32.7 Å². The third kappa shape index (κ3) is 5.71. The number of likely N-dealkylation sites (tertiary alicyclic amines) is 1. The number of guanidine groups is 1. The van der Waals surface area contributed by atoms with Crippen LogP contribution in [0.2, 0.25) is 0 Å². The van der Waals surface area contributed by atoms with E-state index < -0.39 is 0 Å². The molecule has 4 nitrogen and oxygen atoms in total. The number of hydrogen-bond acceptors (Lipinski definition) is 2. The van der Waals surface area contributed by atoms with Gasteiger partial charge in [-0.2, -0.15) is 0 Å². The number of rotatable bonds is 6. The number of benzene rings is 1. The van der Waals surface area contributed by atoms with E-state index in [0.717, 1.165) is 19.0 Å². The summed E-state index contributed by atoms with van der Waals surface area (Å²) in [6, 6.07) is 9.62. The monoisotopic (exact) mass is 314 g/mol. The summed E-state index contributed by atoms with van der Waals surface area (Å²) in [5.74, 6) is 0.802. The van der Waals surface area contributed by atoms with Crippen molar-refractivity contribution in [2.45, 2.75) is 45.3 Å². The van der Waals surface area contributed by atoms with Crippen LogP contribution in [0.25, 0.3) is 0 Å². The molecule has 2 rings (SSSR count). The lowest BCUT2D eigenvalue weighted by atomic mass is 10.0. The fraction of sp³-hybridized carbons (Fsp3) is 0.526. The summed E-state index contributed by atoms with van der Waals surface area (Å²) in [6.07, 6.45) is 5.87. The highest BCUT2D eigenvalue weighted by atomic mass is 15.2. The molecule has 2 N–H and O–H groups in total. The topological polar surface area (TPSA) is 39.7 Å². The molecular formula is C19H30N4. The predicted octanol–water partition coefficient (Wildman–Crippen LogP) is 2.91. The Morgan fingerprint density at radius 3 is 2.65 bits per heavy atom. The maximum absolute atomic E-state index is 4.18. The van der Waals surface area contributed by atoms with Crippen molar-refractivity contribution in [2.75, 3.05) is 20.1 Å². The smallest absolute Gasteiger partial charge is 0.191 e. The second-order valence-corrected chi connectivity index (χ2v) is 6.23. The van der Waals surface area contributed by atoms with Crippen LogP contribution in [0.4, 0.5) is 0 Å². The molecule has 1 aliphatic rings. The van der Waals surface area contributed by atoms with Crippen LogP contribution in [0.1, 0.15) is 37.3 Å². The lowest BCUT2D eigenvalue weighted by molar-refractivity contribution is 0.152. The van der Waals surface area contributed by atoms with Crippen LogP contribution >= 0.6 is 0 Å². The average Bonchev–Trinajstić information content (AvgIpc) is 2.58. The highest BCUT2D eigenvalue weighted by molar-refractivity contribution is 5.79. The zero-order valence-electron chi connectivity index (χ0n) is 14.5. The van der Waals surface area contributed by atoms with Gasteiger partial charge >= 0.3 is 0 Å². The van der Waals surface area contributed by atoms with Gasteiger partial charge < -0.3 is 10.6 Å². The molecule has 0 saturated carbocycles. The second kappa shape index (κ2) is 9.36. The van der Waals surface area contributed by atoms with Crippen molar-refractivity contribution >= 4 is 5.96 Å². The van der Waals surface area contributed by atoms with E-state index in [-0.39, 0.29) is 0 Å². The normalized spacial score (nSPS) is 19.4. The van der Waals surface area contributed by atoms with Crippen LogP contribution in [0.5, 0.6) is 0 Å². The molecule has 1 fully saturated rings. The van der Waals surface area contributed by atoms with E-state index in [2.05, 4.69) is 58.3 Å². The first-order valence-corrected chi connectivity index (χ1v) is 8.60. The van der Waals surface area contributed by atoms with Crippen LogP contribution in [0.15, 0.2) is 41.9 Å². The summed E-state index contributed by atoms with van der Waals surface area (Å²) in [6.45, 7) is 9.83. The minimum atomic E-state index is 0.712. The lowest BCUT2D eigenvalue weighted by Gasteiger charge is -2.33. The minimum absolute atomic E-state index is 0.712. The Bertz CT molecular complexity index is 507. The largest absolute Gasteiger partial charge is 0.353 e. The summed E-state index contributed by atoms with van der Waals surface area (Å²) < 4.78 is 0. The van der Waals surface area contributed by atoms with Gasteiger partial charge in [-0.1, -0.05) is 36.8 Å². The Balaban J connectivity index is 1.83. The molecule has 23 heavy (non-hydrogen) atoms. The van der Waals surface area contributed by atoms with Crippen molar-refractivity contribution in [3.05, 3.63) is 48.0 Å². The molecule has 0 spiro atoms. The van der Waals surface area contributed by atoms with E-state index in [1.807, 2.05) is 6.08 Å². The van der Waals surface area contributed by atoms with Crippen molar-refractivity contribution in [1.82, 2.24) is 15.5 Å². The summed E-state index contributed by atoms with van der Waals surface area (Å²) in [5, 5.41) is 6.48. The van der Waals surface area contributed by atoms with Crippen LogP contribution in [0.3, 0.4) is 0 Å². The Morgan fingerprint density at radius 1 is 1.26 bits per heavy atom. The van der Waals surface area contributed by atoms with E-state index in [4.69, 9.17) is 0 Å². The van der Waals surface area contributed by atoms with Gasteiger partial charge in [0.2, 0.25) is 0 Å². The highest BCUT2D eigenvalue weighted by Crippen LogP contribution is 2.19. The Hall–Kier alpha value is -1.81. The minimum Gasteiger partial charge on any atom is -0.353 e. The number of piperidine rings is 1. The van der Waals surface area contributed by atoms with Gasteiger partial charge in [0.25, 0.3) is 0 Å². The summed E-state index contributed by atoms with van der Waals surface area (Å²) in [4.78, 5) is 6.78. The molecule has 0 radical (unpaired) electrons. The van der Waals surface area contributed by atoms with Gasteiger partial charge in [0.15, 0.2) is 5.96 Å². The molecule has 0 amide bonds. The van der Waals surface area contributed by atoms with Crippen molar-refractivity contribution in [3.63, 3.8) is 0 Å². The van der Waals surface area contributed by atoms with Crippen molar-refractivity contribution < 1.29 is 0 Å². The molecule has 1 saturated heterocycles. The SMILES string of the molecule is C=CCNC(=NC)NCc1ccc(CN2CCCCC2C)cc1. The number of nitrogens with zero attached hydrogens (tertiary/aromatic N) is 2. The van der Waals surface area contributed by atoms with Gasteiger partial charge in [-0.15, -0.1) is 6.58 Å². The molecule has 1 aromatic carbocycles. The van der Waals surface area contributed by atoms with Gasteiger partial charge in [-0.05, 0) is 37.4 Å². The Labute approximate surface area is 140 Å². The standard InChI is InChI=1S/C19H30N4/c1-4-12-21-19(20-3)22-14-17-8-10-18(11-9-17)15-23-13-6-5-7-16(23)2/h4,8-11,16H,1,5-7,12-15H2,2-3H3,(H2,20,21,22). The van der Waals surface area contributed by atoms with Crippen LogP contribution in [-0.4, -0.2) is 37.0 Å². The fourth-order valence-electron chi connectivity index (χ4n) is 2.96. The molecule has 1 aliphatic heterocycles. The fourth-order valence-corrected chi connectivity index (χ4v) is 2.96. The molecule has 1 atom stereocenters. The summed E-state index contributed by atoms with van der Waals surface area (Å²) in [5.41, 5.74) is 2.67. The van der Waals surface area contributed by atoms with Crippen molar-refractivity contribution in [3.8, 4) is 0 Å².